The Morgan fingerprint density at radius 1 is 1.37 bits per heavy atom. The second kappa shape index (κ2) is 5.95. The summed E-state index contributed by atoms with van der Waals surface area (Å²) in [6, 6.07) is 0.720. The van der Waals surface area contributed by atoms with E-state index < -0.39 is 0 Å². The van der Waals surface area contributed by atoms with Gasteiger partial charge in [-0.15, -0.1) is 0 Å². The molecule has 0 spiro atoms. The summed E-state index contributed by atoms with van der Waals surface area (Å²) < 4.78 is 1.95. The minimum absolute atomic E-state index is 0.720. The normalized spacial score (nSPS) is 23.9. The number of aromatic nitrogens is 2. The summed E-state index contributed by atoms with van der Waals surface area (Å²) in [6.07, 6.45) is 5.50. The molecule has 2 unspecified atom stereocenters. The molecule has 0 amide bonds. The maximum absolute atomic E-state index is 4.53. The molecule has 0 aromatic carbocycles. The molecule has 0 saturated heterocycles. The first-order valence-corrected chi connectivity index (χ1v) is 7.45. The minimum atomic E-state index is 0.720. The van der Waals surface area contributed by atoms with E-state index in [0.29, 0.717) is 0 Å². The van der Waals surface area contributed by atoms with Gasteiger partial charge in [0.25, 0.3) is 0 Å². The Labute approximate surface area is 117 Å². The van der Waals surface area contributed by atoms with Gasteiger partial charge in [0.2, 0.25) is 0 Å². The Morgan fingerprint density at radius 2 is 2.05 bits per heavy atom. The molecule has 19 heavy (non-hydrogen) atoms. The standard InChI is InChI=1S/C15H28N4/c1-11-8-6-7-9-14(11)18(4)10-13-12(2)17-19(5)15(13)16-3/h11,14,16H,6-10H2,1-5H3. The molecule has 4 nitrogen and oxygen atoms in total. The first-order chi connectivity index (χ1) is 9.04. The second-order valence-electron chi connectivity index (χ2n) is 6.03. The zero-order valence-corrected chi connectivity index (χ0v) is 13.0. The minimum Gasteiger partial charge on any atom is -0.373 e. The van der Waals surface area contributed by atoms with Crippen LogP contribution in [0.4, 0.5) is 5.82 Å². The summed E-state index contributed by atoms with van der Waals surface area (Å²) in [4.78, 5) is 2.52. The van der Waals surface area contributed by atoms with E-state index in [1.165, 1.54) is 31.2 Å². The molecule has 1 aliphatic carbocycles. The molecule has 1 fully saturated rings. The van der Waals surface area contributed by atoms with Crippen molar-refractivity contribution in [1.82, 2.24) is 14.7 Å². The number of nitrogens with one attached hydrogen (secondary N) is 1. The summed E-state index contributed by atoms with van der Waals surface area (Å²) in [5, 5.41) is 7.80. The van der Waals surface area contributed by atoms with Gasteiger partial charge in [-0.1, -0.05) is 19.8 Å². The van der Waals surface area contributed by atoms with E-state index in [2.05, 4.69) is 36.2 Å². The van der Waals surface area contributed by atoms with E-state index in [1.54, 1.807) is 0 Å². The van der Waals surface area contributed by atoms with Crippen LogP contribution in [0.2, 0.25) is 0 Å². The monoisotopic (exact) mass is 264 g/mol. The molecule has 4 heteroatoms. The fourth-order valence-corrected chi connectivity index (χ4v) is 3.52. The van der Waals surface area contributed by atoms with Crippen LogP contribution < -0.4 is 5.32 Å². The highest BCUT2D eigenvalue weighted by Gasteiger charge is 2.26. The summed E-state index contributed by atoms with van der Waals surface area (Å²) in [6.45, 7) is 5.49. The van der Waals surface area contributed by atoms with E-state index in [0.717, 1.165) is 30.0 Å². The zero-order valence-electron chi connectivity index (χ0n) is 13.0. The molecule has 1 aromatic rings. The molecule has 1 saturated carbocycles. The molecule has 1 heterocycles. The van der Waals surface area contributed by atoms with Gasteiger partial charge in [0.15, 0.2) is 0 Å². The van der Waals surface area contributed by atoms with E-state index in [9.17, 15) is 0 Å². The first kappa shape index (κ1) is 14.4. The molecular weight excluding hydrogens is 236 g/mol. The molecule has 0 bridgehead atoms. The largest absolute Gasteiger partial charge is 0.373 e. The lowest BCUT2D eigenvalue weighted by molar-refractivity contribution is 0.133. The molecule has 0 aliphatic heterocycles. The van der Waals surface area contributed by atoms with Crippen LogP contribution in [0.25, 0.3) is 0 Å². The van der Waals surface area contributed by atoms with Crippen molar-refractivity contribution in [3.63, 3.8) is 0 Å². The zero-order chi connectivity index (χ0) is 14.0. The van der Waals surface area contributed by atoms with Gasteiger partial charge in [-0.05, 0) is 32.7 Å². The van der Waals surface area contributed by atoms with Crippen molar-refractivity contribution in [3.05, 3.63) is 11.3 Å². The van der Waals surface area contributed by atoms with Crippen LogP contribution >= 0.6 is 0 Å². The number of hydrogen-bond acceptors (Lipinski definition) is 3. The third-order valence-electron chi connectivity index (χ3n) is 4.62. The SMILES string of the molecule is CNc1c(CN(C)C2CCCCC2C)c(C)nn1C. The van der Waals surface area contributed by atoms with Gasteiger partial charge in [0.05, 0.1) is 5.69 Å². The first-order valence-electron chi connectivity index (χ1n) is 7.45. The van der Waals surface area contributed by atoms with Crippen LogP contribution in [0.1, 0.15) is 43.9 Å². The maximum Gasteiger partial charge on any atom is 0.128 e. The predicted octanol–water partition coefficient (Wildman–Crippen LogP) is 2.78. The smallest absolute Gasteiger partial charge is 0.128 e. The van der Waals surface area contributed by atoms with Crippen LogP contribution in [-0.4, -0.2) is 34.8 Å². The quantitative estimate of drug-likeness (QED) is 0.908. The molecule has 1 aliphatic rings. The Hall–Kier alpha value is -1.03. The lowest BCUT2D eigenvalue weighted by Crippen LogP contribution is -2.38. The van der Waals surface area contributed by atoms with Crippen LogP contribution in [0.3, 0.4) is 0 Å². The molecular formula is C15H28N4. The van der Waals surface area contributed by atoms with Crippen molar-refractivity contribution in [2.45, 2.75) is 52.1 Å². The number of aryl methyl sites for hydroxylation is 2. The Bertz CT molecular complexity index is 424. The predicted molar refractivity (Wildman–Crippen MR) is 80.4 cm³/mol. The highest BCUT2D eigenvalue weighted by molar-refractivity contribution is 5.46. The lowest BCUT2D eigenvalue weighted by Gasteiger charge is -2.36. The molecule has 108 valence electrons. The van der Waals surface area contributed by atoms with Crippen molar-refractivity contribution < 1.29 is 0 Å². The highest BCUT2D eigenvalue weighted by atomic mass is 15.3. The Morgan fingerprint density at radius 3 is 2.68 bits per heavy atom. The van der Waals surface area contributed by atoms with E-state index in [4.69, 9.17) is 0 Å². The summed E-state index contributed by atoms with van der Waals surface area (Å²) in [5.41, 5.74) is 2.48. The van der Waals surface area contributed by atoms with E-state index in [-0.39, 0.29) is 0 Å². The number of nitrogens with zero attached hydrogens (tertiary/aromatic N) is 3. The van der Waals surface area contributed by atoms with Gasteiger partial charge in [-0.2, -0.15) is 5.10 Å². The molecule has 0 radical (unpaired) electrons. The van der Waals surface area contributed by atoms with E-state index >= 15 is 0 Å². The Kier molecular flexibility index (Phi) is 4.50. The van der Waals surface area contributed by atoms with Gasteiger partial charge in [0, 0.05) is 32.2 Å². The van der Waals surface area contributed by atoms with Crippen molar-refractivity contribution >= 4 is 5.82 Å². The van der Waals surface area contributed by atoms with Crippen molar-refractivity contribution in [1.29, 1.82) is 0 Å². The van der Waals surface area contributed by atoms with Gasteiger partial charge >= 0.3 is 0 Å². The topological polar surface area (TPSA) is 33.1 Å². The van der Waals surface area contributed by atoms with Gasteiger partial charge < -0.3 is 5.32 Å². The summed E-state index contributed by atoms with van der Waals surface area (Å²) in [7, 11) is 6.24. The van der Waals surface area contributed by atoms with Gasteiger partial charge in [-0.3, -0.25) is 9.58 Å². The summed E-state index contributed by atoms with van der Waals surface area (Å²) in [5.74, 6) is 1.96. The average molecular weight is 264 g/mol. The second-order valence-corrected chi connectivity index (χ2v) is 6.03. The Balaban J connectivity index is 2.12. The fourth-order valence-electron chi connectivity index (χ4n) is 3.52. The molecule has 2 rings (SSSR count). The van der Waals surface area contributed by atoms with E-state index in [1.807, 2.05) is 18.8 Å². The maximum atomic E-state index is 4.53. The van der Waals surface area contributed by atoms with Crippen LogP contribution in [-0.2, 0) is 13.6 Å². The number of rotatable bonds is 4. The van der Waals surface area contributed by atoms with Gasteiger partial charge in [-0.25, -0.2) is 0 Å². The third kappa shape index (κ3) is 2.94. The average Bonchev–Trinajstić information content (AvgIpc) is 2.64. The molecule has 1 aromatic heterocycles. The fraction of sp³-hybridized carbons (Fsp3) is 0.800. The van der Waals surface area contributed by atoms with Crippen molar-refractivity contribution in [2.24, 2.45) is 13.0 Å². The third-order valence-corrected chi connectivity index (χ3v) is 4.62. The highest BCUT2D eigenvalue weighted by Crippen LogP contribution is 2.29. The van der Waals surface area contributed by atoms with Crippen LogP contribution in [0.15, 0.2) is 0 Å². The summed E-state index contributed by atoms with van der Waals surface area (Å²) >= 11 is 0. The van der Waals surface area contributed by atoms with Crippen LogP contribution in [0.5, 0.6) is 0 Å². The number of hydrogen-bond donors (Lipinski definition) is 1. The molecule has 1 N–H and O–H groups in total. The van der Waals surface area contributed by atoms with Gasteiger partial charge in [0.1, 0.15) is 5.82 Å². The van der Waals surface area contributed by atoms with Crippen molar-refractivity contribution in [2.75, 3.05) is 19.4 Å². The van der Waals surface area contributed by atoms with Crippen LogP contribution in [0, 0.1) is 12.8 Å². The van der Waals surface area contributed by atoms with Crippen molar-refractivity contribution in [3.8, 4) is 0 Å². The lowest BCUT2D eigenvalue weighted by atomic mass is 9.85. The molecule has 2 atom stereocenters. The number of anilines is 1.